The number of carbonyl (C=O) groups is 1. The molecule has 0 saturated carbocycles. The average Bonchev–Trinajstić information content (AvgIpc) is 3.43. The highest BCUT2D eigenvalue weighted by molar-refractivity contribution is 6.76. The fourth-order valence-electron chi connectivity index (χ4n) is 4.87. The van der Waals surface area contributed by atoms with Gasteiger partial charge in [-0.2, -0.15) is 0 Å². The summed E-state index contributed by atoms with van der Waals surface area (Å²) in [6.07, 6.45) is 3.07. The number of anilines is 1. The number of aryl methyl sites for hydroxylation is 1. The van der Waals surface area contributed by atoms with E-state index in [4.69, 9.17) is 31.4 Å². The molecule has 13 heteroatoms. The fourth-order valence-corrected chi connectivity index (χ4v) is 6.02. The van der Waals surface area contributed by atoms with Gasteiger partial charge in [0.15, 0.2) is 5.65 Å². The van der Waals surface area contributed by atoms with Crippen LogP contribution in [0.2, 0.25) is 30.7 Å². The van der Waals surface area contributed by atoms with Crippen LogP contribution in [-0.2, 0) is 18.5 Å². The number of hydrogen-bond donors (Lipinski definition) is 2. The lowest BCUT2D eigenvalue weighted by Crippen LogP contribution is -2.52. The van der Waals surface area contributed by atoms with Gasteiger partial charge in [0, 0.05) is 45.6 Å². The van der Waals surface area contributed by atoms with Gasteiger partial charge in [-0.15, -0.1) is 0 Å². The molecule has 3 aromatic heterocycles. The van der Waals surface area contributed by atoms with Crippen LogP contribution in [0.4, 0.5) is 15.0 Å². The number of alkyl halides is 1. The first kappa shape index (κ1) is 27.3. The van der Waals surface area contributed by atoms with Crippen LogP contribution in [0.25, 0.3) is 33.3 Å². The molecule has 0 spiro atoms. The first-order valence-corrected chi connectivity index (χ1v) is 17.0. The summed E-state index contributed by atoms with van der Waals surface area (Å²) in [7, 11) is 0.648. The topological polar surface area (TPSA) is 110 Å². The summed E-state index contributed by atoms with van der Waals surface area (Å²) in [6, 6.07) is 4.17. The molecule has 10 nitrogen and oxygen atoms in total. The number of imidazole rings is 1. The molecule has 1 aliphatic rings. The maximum atomic E-state index is 14.8. The van der Waals surface area contributed by atoms with Gasteiger partial charge in [-0.05, 0) is 18.5 Å². The molecule has 39 heavy (non-hydrogen) atoms. The Morgan fingerprint density at radius 2 is 2.08 bits per heavy atom. The van der Waals surface area contributed by atoms with E-state index in [9.17, 15) is 9.18 Å². The third kappa shape index (κ3) is 5.73. The number of benzene rings is 1. The molecule has 0 aliphatic carbocycles. The Kier molecular flexibility index (Phi) is 7.53. The van der Waals surface area contributed by atoms with E-state index in [-0.39, 0.29) is 6.54 Å². The molecule has 2 atom stereocenters. The number of aromatic nitrogens is 5. The zero-order valence-corrected chi connectivity index (χ0v) is 24.2. The van der Waals surface area contributed by atoms with Gasteiger partial charge in [-0.3, -0.25) is 0 Å². The number of nitrogens with zero attached hydrogens (tertiary/aromatic N) is 6. The van der Waals surface area contributed by atoms with E-state index in [0.717, 1.165) is 28.2 Å². The minimum Gasteiger partial charge on any atom is -0.465 e. The zero-order chi connectivity index (χ0) is 27.9. The number of hydrogen-bond acceptors (Lipinski definition) is 6. The summed E-state index contributed by atoms with van der Waals surface area (Å²) < 4.78 is 24.6. The number of nitrogens with one attached hydrogen (secondary N) is 1. The number of amides is 1. The van der Waals surface area contributed by atoms with Crippen molar-refractivity contribution in [3.63, 3.8) is 0 Å². The standard InChI is InChI=1S/C26H33ClFN7O3Si/c1-33-14-30-20-6-5-16(22(27)24(20)33)17-12-35(15-38-9-10-39(2,3)4)25-23(17)29-11-21(32-25)34-8-7-19(18(28)13-34)31-26(36)37/h5-6,11-12,14,18-19,31H,7-10,13,15H2,1-4H3,(H,36,37)/t18-,19+/m1/s1. The molecule has 5 rings (SSSR count). The number of piperidine rings is 1. The van der Waals surface area contributed by atoms with Crippen molar-refractivity contribution in [2.45, 2.75) is 51.1 Å². The quantitative estimate of drug-likeness (QED) is 0.222. The first-order valence-electron chi connectivity index (χ1n) is 12.9. The maximum absolute atomic E-state index is 14.8. The Morgan fingerprint density at radius 3 is 2.79 bits per heavy atom. The van der Waals surface area contributed by atoms with Gasteiger partial charge in [0.05, 0.1) is 41.2 Å². The molecule has 4 heterocycles. The van der Waals surface area contributed by atoms with Crippen LogP contribution >= 0.6 is 11.6 Å². The molecule has 1 saturated heterocycles. The molecule has 208 valence electrons. The van der Waals surface area contributed by atoms with Gasteiger partial charge < -0.3 is 29.2 Å². The van der Waals surface area contributed by atoms with Crippen molar-refractivity contribution >= 4 is 53.8 Å². The van der Waals surface area contributed by atoms with Crippen molar-refractivity contribution in [2.75, 3.05) is 24.6 Å². The van der Waals surface area contributed by atoms with Gasteiger partial charge in [-0.25, -0.2) is 24.1 Å². The van der Waals surface area contributed by atoms with Gasteiger partial charge in [-0.1, -0.05) is 37.3 Å². The Balaban J connectivity index is 1.50. The Hall–Kier alpha value is -3.22. The van der Waals surface area contributed by atoms with Crippen LogP contribution < -0.4 is 10.2 Å². The largest absolute Gasteiger partial charge is 0.465 e. The first-order chi connectivity index (χ1) is 18.5. The second kappa shape index (κ2) is 10.7. The normalized spacial score (nSPS) is 18.3. The maximum Gasteiger partial charge on any atom is 0.404 e. The number of fused-ring (bicyclic) bond motifs is 2. The SMILES string of the molecule is Cn1cnc2ccc(-c3cn(COCC[Si](C)(C)C)c4nc(N5CC[C@H](NC(=O)O)[C@H](F)C5)cnc34)c(Cl)c21. The minimum atomic E-state index is -1.36. The van der Waals surface area contributed by atoms with Gasteiger partial charge in [0.25, 0.3) is 0 Å². The molecule has 1 aliphatic heterocycles. The van der Waals surface area contributed by atoms with E-state index in [1.54, 1.807) is 17.4 Å². The zero-order valence-electron chi connectivity index (χ0n) is 22.5. The Morgan fingerprint density at radius 1 is 1.28 bits per heavy atom. The molecular formula is C26H33ClFN7O3Si. The number of ether oxygens (including phenoxy) is 1. The van der Waals surface area contributed by atoms with Gasteiger partial charge in [0.2, 0.25) is 0 Å². The molecule has 0 bridgehead atoms. The molecule has 0 radical (unpaired) electrons. The summed E-state index contributed by atoms with van der Waals surface area (Å²) in [5.74, 6) is 0.528. The van der Waals surface area contributed by atoms with Crippen LogP contribution in [-0.4, -0.2) is 75.3 Å². The number of rotatable bonds is 8. The molecule has 1 amide bonds. The molecule has 1 aromatic carbocycles. The van der Waals surface area contributed by atoms with Crippen LogP contribution in [0, 0.1) is 0 Å². The molecule has 0 unspecified atom stereocenters. The van der Waals surface area contributed by atoms with Gasteiger partial charge >= 0.3 is 6.09 Å². The minimum absolute atomic E-state index is 0.0222. The van der Waals surface area contributed by atoms with Crippen molar-refractivity contribution < 1.29 is 19.0 Å². The molecule has 2 N–H and O–H groups in total. The highest BCUT2D eigenvalue weighted by Gasteiger charge is 2.31. The summed E-state index contributed by atoms with van der Waals surface area (Å²) in [4.78, 5) is 26.8. The summed E-state index contributed by atoms with van der Waals surface area (Å²) >= 11 is 6.89. The number of halogens is 2. The predicted octanol–water partition coefficient (Wildman–Crippen LogP) is 5.14. The second-order valence-electron chi connectivity index (χ2n) is 11.2. The van der Waals surface area contributed by atoms with Gasteiger partial charge in [0.1, 0.15) is 24.2 Å². The lowest BCUT2D eigenvalue weighted by Gasteiger charge is -2.35. The lowest BCUT2D eigenvalue weighted by molar-refractivity contribution is 0.0899. The Labute approximate surface area is 231 Å². The van der Waals surface area contributed by atoms with E-state index in [0.29, 0.717) is 48.3 Å². The van der Waals surface area contributed by atoms with Crippen molar-refractivity contribution in [3.8, 4) is 11.1 Å². The molecule has 4 aromatic rings. The van der Waals surface area contributed by atoms with Crippen molar-refractivity contribution in [1.29, 1.82) is 0 Å². The summed E-state index contributed by atoms with van der Waals surface area (Å²) in [5, 5.41) is 11.8. The van der Waals surface area contributed by atoms with Crippen molar-refractivity contribution in [2.24, 2.45) is 7.05 Å². The van der Waals surface area contributed by atoms with Crippen LogP contribution in [0.1, 0.15) is 6.42 Å². The lowest BCUT2D eigenvalue weighted by atomic mass is 10.0. The monoisotopic (exact) mass is 573 g/mol. The van der Waals surface area contributed by atoms with Crippen molar-refractivity contribution in [3.05, 3.63) is 35.9 Å². The summed E-state index contributed by atoms with van der Waals surface area (Å²) in [5.41, 5.74) is 4.54. The smallest absolute Gasteiger partial charge is 0.404 e. The van der Waals surface area contributed by atoms with Crippen LogP contribution in [0.3, 0.4) is 0 Å². The predicted molar refractivity (Wildman–Crippen MR) is 153 cm³/mol. The third-order valence-electron chi connectivity index (χ3n) is 7.06. The summed E-state index contributed by atoms with van der Waals surface area (Å²) in [6.45, 7) is 8.33. The highest BCUT2D eigenvalue weighted by Crippen LogP contribution is 2.38. The third-order valence-corrected chi connectivity index (χ3v) is 9.15. The van der Waals surface area contributed by atoms with E-state index in [2.05, 4.69) is 29.9 Å². The number of carboxylic acid groups (broad SMARTS) is 1. The average molecular weight is 574 g/mol. The van der Waals surface area contributed by atoms with E-state index < -0.39 is 26.4 Å². The molecule has 1 fully saturated rings. The van der Waals surface area contributed by atoms with E-state index >= 15 is 0 Å². The fraction of sp³-hybridized carbons (Fsp3) is 0.462. The van der Waals surface area contributed by atoms with E-state index in [1.165, 1.54) is 0 Å². The van der Waals surface area contributed by atoms with E-state index in [1.807, 2.05) is 34.5 Å². The van der Waals surface area contributed by atoms with Crippen molar-refractivity contribution in [1.82, 2.24) is 29.4 Å². The Bertz CT molecular complexity index is 1520. The highest BCUT2D eigenvalue weighted by atomic mass is 35.5. The van der Waals surface area contributed by atoms with Crippen LogP contribution in [0.5, 0.6) is 0 Å². The van der Waals surface area contributed by atoms with Crippen LogP contribution in [0.15, 0.2) is 30.9 Å². The molecular weight excluding hydrogens is 541 g/mol. The second-order valence-corrected chi connectivity index (χ2v) is 17.2.